The van der Waals surface area contributed by atoms with Gasteiger partial charge in [-0.25, -0.2) is 0 Å². The van der Waals surface area contributed by atoms with Crippen molar-refractivity contribution in [3.05, 3.63) is 35.4 Å². The van der Waals surface area contributed by atoms with E-state index in [2.05, 4.69) is 43.4 Å². The van der Waals surface area contributed by atoms with Crippen molar-refractivity contribution >= 4 is 0 Å². The van der Waals surface area contributed by atoms with Crippen LogP contribution in [0.1, 0.15) is 69.4 Å². The molecule has 4 aliphatic carbocycles. The van der Waals surface area contributed by atoms with E-state index in [1.165, 1.54) is 30.4 Å². The number of hydrogen-bond donors (Lipinski definition) is 2. The standard InChI is InChI=1S/C20H29NO/c1-14(2)18-5-3-15(4-6-18)12-21-19-8-16-7-17(9-19)11-20(22,10-16)13-19/h3-6,14,16-17,21-22H,7-13H2,1-2H3. The van der Waals surface area contributed by atoms with Crippen LogP contribution in [0.5, 0.6) is 0 Å². The van der Waals surface area contributed by atoms with Crippen molar-refractivity contribution in [2.75, 3.05) is 0 Å². The van der Waals surface area contributed by atoms with Gasteiger partial charge in [-0.15, -0.1) is 0 Å². The van der Waals surface area contributed by atoms with E-state index in [4.69, 9.17) is 0 Å². The number of rotatable bonds is 4. The van der Waals surface area contributed by atoms with Gasteiger partial charge in [0.25, 0.3) is 0 Å². The zero-order chi connectivity index (χ0) is 15.4. The lowest BCUT2D eigenvalue weighted by Crippen LogP contribution is -2.64. The summed E-state index contributed by atoms with van der Waals surface area (Å²) in [5, 5.41) is 14.7. The number of aliphatic hydroxyl groups is 1. The third-order valence-corrected chi connectivity index (χ3v) is 6.34. The fourth-order valence-electron chi connectivity index (χ4n) is 5.73. The largest absolute Gasteiger partial charge is 0.390 e. The van der Waals surface area contributed by atoms with Gasteiger partial charge >= 0.3 is 0 Å². The fourth-order valence-corrected chi connectivity index (χ4v) is 5.73. The van der Waals surface area contributed by atoms with Crippen molar-refractivity contribution in [2.24, 2.45) is 11.8 Å². The molecule has 120 valence electrons. The summed E-state index contributed by atoms with van der Waals surface area (Å²) in [6.07, 6.45) is 6.98. The topological polar surface area (TPSA) is 32.3 Å². The predicted octanol–water partition coefficient (Wildman–Crippen LogP) is 3.98. The van der Waals surface area contributed by atoms with Crippen LogP contribution in [-0.4, -0.2) is 16.2 Å². The molecule has 2 unspecified atom stereocenters. The minimum Gasteiger partial charge on any atom is -0.390 e. The summed E-state index contributed by atoms with van der Waals surface area (Å²) in [5.74, 6) is 2.10. The lowest BCUT2D eigenvalue weighted by molar-refractivity contribution is -0.142. The average Bonchev–Trinajstić information content (AvgIpc) is 2.43. The highest BCUT2D eigenvalue weighted by Crippen LogP contribution is 2.57. The Morgan fingerprint density at radius 1 is 1.09 bits per heavy atom. The van der Waals surface area contributed by atoms with Crippen molar-refractivity contribution < 1.29 is 5.11 Å². The molecule has 0 saturated heterocycles. The van der Waals surface area contributed by atoms with E-state index in [0.717, 1.165) is 37.6 Å². The molecule has 4 aliphatic rings. The molecule has 0 amide bonds. The molecule has 2 nitrogen and oxygen atoms in total. The molecule has 4 bridgehead atoms. The average molecular weight is 299 g/mol. The van der Waals surface area contributed by atoms with Gasteiger partial charge in [0.05, 0.1) is 5.60 Å². The van der Waals surface area contributed by atoms with Gasteiger partial charge in [-0.2, -0.15) is 0 Å². The third-order valence-electron chi connectivity index (χ3n) is 6.34. The van der Waals surface area contributed by atoms with E-state index < -0.39 is 0 Å². The van der Waals surface area contributed by atoms with E-state index in [9.17, 15) is 5.11 Å². The van der Waals surface area contributed by atoms with E-state index >= 15 is 0 Å². The van der Waals surface area contributed by atoms with E-state index in [-0.39, 0.29) is 11.1 Å². The highest BCUT2D eigenvalue weighted by Gasteiger charge is 2.56. The van der Waals surface area contributed by atoms with Gasteiger partial charge in [0, 0.05) is 12.1 Å². The second-order valence-electron chi connectivity index (χ2n) is 8.72. The first-order valence-corrected chi connectivity index (χ1v) is 9.02. The number of nitrogens with one attached hydrogen (secondary N) is 1. The lowest BCUT2D eigenvalue weighted by Gasteiger charge is -2.60. The molecule has 1 aromatic carbocycles. The van der Waals surface area contributed by atoms with Gasteiger partial charge in [-0.1, -0.05) is 38.1 Å². The van der Waals surface area contributed by atoms with Gasteiger partial charge < -0.3 is 10.4 Å². The van der Waals surface area contributed by atoms with Crippen LogP contribution in [0.3, 0.4) is 0 Å². The fraction of sp³-hybridized carbons (Fsp3) is 0.700. The van der Waals surface area contributed by atoms with Gasteiger partial charge in [-0.05, 0) is 67.4 Å². The first-order chi connectivity index (χ1) is 10.5. The Balaban J connectivity index is 1.45. The van der Waals surface area contributed by atoms with Crippen LogP contribution >= 0.6 is 0 Å². The predicted molar refractivity (Wildman–Crippen MR) is 89.7 cm³/mol. The van der Waals surface area contributed by atoms with E-state index in [1.54, 1.807) is 0 Å². The zero-order valence-corrected chi connectivity index (χ0v) is 13.9. The normalized spacial score (nSPS) is 39.6. The van der Waals surface area contributed by atoms with Gasteiger partial charge in [0.2, 0.25) is 0 Å². The van der Waals surface area contributed by atoms with Crippen LogP contribution in [0.4, 0.5) is 0 Å². The summed E-state index contributed by atoms with van der Waals surface area (Å²) in [6, 6.07) is 9.04. The molecule has 5 rings (SSSR count). The lowest BCUT2D eigenvalue weighted by atomic mass is 9.51. The molecular formula is C20H29NO. The molecule has 0 radical (unpaired) electrons. The summed E-state index contributed by atoms with van der Waals surface area (Å²) >= 11 is 0. The Labute approximate surface area is 134 Å². The Hall–Kier alpha value is -0.860. The van der Waals surface area contributed by atoms with Gasteiger partial charge in [0.1, 0.15) is 0 Å². The molecule has 0 aromatic heterocycles. The molecule has 0 aliphatic heterocycles. The molecule has 1 aromatic rings. The number of benzene rings is 1. The SMILES string of the molecule is CC(C)c1ccc(CNC23CC4CC(CC(O)(C4)C2)C3)cc1. The summed E-state index contributed by atoms with van der Waals surface area (Å²) < 4.78 is 0. The van der Waals surface area contributed by atoms with Gasteiger partial charge in [0.15, 0.2) is 0 Å². The summed E-state index contributed by atoms with van der Waals surface area (Å²) in [5.41, 5.74) is 2.62. The first kappa shape index (κ1) is 14.7. The maximum Gasteiger partial charge on any atom is 0.0670 e. The molecule has 0 spiro atoms. The van der Waals surface area contributed by atoms with Crippen molar-refractivity contribution in [2.45, 2.75) is 76.0 Å². The van der Waals surface area contributed by atoms with Crippen molar-refractivity contribution in [1.29, 1.82) is 0 Å². The minimum atomic E-state index is -0.363. The summed E-state index contributed by atoms with van der Waals surface area (Å²) in [4.78, 5) is 0. The smallest absolute Gasteiger partial charge is 0.0670 e. The van der Waals surface area contributed by atoms with Crippen LogP contribution in [0.15, 0.2) is 24.3 Å². The Bertz CT molecular complexity index is 533. The molecule has 4 fully saturated rings. The maximum absolute atomic E-state index is 10.8. The maximum atomic E-state index is 10.8. The first-order valence-electron chi connectivity index (χ1n) is 9.02. The zero-order valence-electron chi connectivity index (χ0n) is 13.9. The summed E-state index contributed by atoms with van der Waals surface area (Å²) in [6.45, 7) is 5.42. The third kappa shape index (κ3) is 2.61. The highest BCUT2D eigenvalue weighted by atomic mass is 16.3. The van der Waals surface area contributed by atoms with Crippen LogP contribution in [0.25, 0.3) is 0 Å². The molecule has 2 heteroatoms. The number of hydrogen-bond acceptors (Lipinski definition) is 2. The van der Waals surface area contributed by atoms with E-state index in [1.807, 2.05) is 0 Å². The monoisotopic (exact) mass is 299 g/mol. The highest BCUT2D eigenvalue weighted by molar-refractivity contribution is 5.25. The van der Waals surface area contributed by atoms with Crippen molar-refractivity contribution in [3.63, 3.8) is 0 Å². The van der Waals surface area contributed by atoms with Crippen molar-refractivity contribution in [1.82, 2.24) is 5.32 Å². The van der Waals surface area contributed by atoms with E-state index in [0.29, 0.717) is 5.92 Å². The quantitative estimate of drug-likeness (QED) is 0.881. The molecule has 2 N–H and O–H groups in total. The minimum absolute atomic E-state index is 0.204. The van der Waals surface area contributed by atoms with Gasteiger partial charge in [-0.3, -0.25) is 0 Å². The van der Waals surface area contributed by atoms with Crippen LogP contribution in [-0.2, 0) is 6.54 Å². The van der Waals surface area contributed by atoms with Crippen LogP contribution in [0, 0.1) is 11.8 Å². The second kappa shape index (κ2) is 5.07. The Morgan fingerprint density at radius 2 is 1.73 bits per heavy atom. The molecule has 4 saturated carbocycles. The molecule has 0 heterocycles. The molecule has 22 heavy (non-hydrogen) atoms. The van der Waals surface area contributed by atoms with Crippen LogP contribution in [0.2, 0.25) is 0 Å². The molecular weight excluding hydrogens is 270 g/mol. The second-order valence-corrected chi connectivity index (χ2v) is 8.72. The summed E-state index contributed by atoms with van der Waals surface area (Å²) in [7, 11) is 0. The molecule has 2 atom stereocenters. The van der Waals surface area contributed by atoms with Crippen molar-refractivity contribution in [3.8, 4) is 0 Å². The Morgan fingerprint density at radius 3 is 2.27 bits per heavy atom. The van der Waals surface area contributed by atoms with Crippen LogP contribution < -0.4 is 5.32 Å². The Kier molecular flexibility index (Phi) is 3.39.